The van der Waals surface area contributed by atoms with Gasteiger partial charge in [0, 0.05) is 30.4 Å². The molecule has 2 N–H and O–H groups in total. The summed E-state index contributed by atoms with van der Waals surface area (Å²) in [5.74, 6) is 0.110. The number of carbonyl (C=O) groups is 1. The normalized spacial score (nSPS) is 11.5. The highest BCUT2D eigenvalue weighted by atomic mass is 16.6. The number of phenolic OH excluding ortho intramolecular Hbond substituents is 1. The van der Waals surface area contributed by atoms with Gasteiger partial charge in [-0.1, -0.05) is 0 Å². The van der Waals surface area contributed by atoms with Crippen LogP contribution in [0.5, 0.6) is 5.75 Å². The molecule has 0 aromatic heterocycles. The first-order valence-corrected chi connectivity index (χ1v) is 7.36. The molecular formula is C16H25N3O3. The van der Waals surface area contributed by atoms with Crippen LogP contribution in [0.1, 0.15) is 40.2 Å². The van der Waals surface area contributed by atoms with Crippen molar-refractivity contribution in [3.63, 3.8) is 0 Å². The van der Waals surface area contributed by atoms with Crippen LogP contribution in [-0.2, 0) is 4.74 Å². The number of anilines is 1. The number of ether oxygens (including phenoxy) is 1. The Balaban J connectivity index is 2.70. The summed E-state index contributed by atoms with van der Waals surface area (Å²) in [6, 6.07) is 5.34. The van der Waals surface area contributed by atoms with E-state index in [9.17, 15) is 9.90 Å². The molecule has 0 spiro atoms. The van der Waals surface area contributed by atoms with Gasteiger partial charge in [-0.05, 0) is 46.8 Å². The van der Waals surface area contributed by atoms with Gasteiger partial charge in [0.2, 0.25) is 0 Å². The summed E-state index contributed by atoms with van der Waals surface area (Å²) >= 11 is 0. The van der Waals surface area contributed by atoms with E-state index in [1.54, 1.807) is 32.9 Å². The number of benzene rings is 1. The second kappa shape index (κ2) is 7.68. The Bertz CT molecular complexity index is 532. The molecule has 0 heterocycles. The van der Waals surface area contributed by atoms with E-state index in [2.05, 4.69) is 29.3 Å². The van der Waals surface area contributed by atoms with Crippen LogP contribution in [0.2, 0.25) is 0 Å². The monoisotopic (exact) mass is 307 g/mol. The number of carbonyl (C=O) groups excluding carboxylic acids is 1. The first kappa shape index (κ1) is 17.8. The second-order valence-corrected chi connectivity index (χ2v) is 5.79. The molecule has 1 amide bonds. The summed E-state index contributed by atoms with van der Waals surface area (Å²) in [6.07, 6.45) is 0.744. The van der Waals surface area contributed by atoms with Gasteiger partial charge in [-0.3, -0.25) is 0 Å². The average Bonchev–Trinajstić information content (AvgIpc) is 2.40. The highest BCUT2D eigenvalue weighted by molar-refractivity contribution is 5.85. The lowest BCUT2D eigenvalue weighted by Gasteiger charge is -2.21. The van der Waals surface area contributed by atoms with Crippen molar-refractivity contribution < 1.29 is 14.6 Å². The molecule has 1 aromatic carbocycles. The van der Waals surface area contributed by atoms with Gasteiger partial charge in [0.25, 0.3) is 0 Å². The zero-order valence-electron chi connectivity index (χ0n) is 13.9. The average molecular weight is 307 g/mol. The van der Waals surface area contributed by atoms with Crippen molar-refractivity contribution in [3.8, 4) is 5.75 Å². The van der Waals surface area contributed by atoms with E-state index in [0.29, 0.717) is 5.56 Å². The van der Waals surface area contributed by atoms with Gasteiger partial charge in [-0.2, -0.15) is 5.10 Å². The van der Waals surface area contributed by atoms with Gasteiger partial charge in [0.15, 0.2) is 0 Å². The highest BCUT2D eigenvalue weighted by Crippen LogP contribution is 2.23. The molecule has 0 unspecified atom stereocenters. The predicted octanol–water partition coefficient (Wildman–Crippen LogP) is 3.10. The standard InChI is InChI=1S/C16H25N3O3/c1-6-19(7-2)13-9-8-12(14(20)10-13)11-17-18-15(21)22-16(3,4)5/h8-11,20H,6-7H2,1-5H3,(H,18,21)/b17-11+. The van der Waals surface area contributed by atoms with E-state index in [-0.39, 0.29) is 5.75 Å². The molecule has 0 aliphatic carbocycles. The van der Waals surface area contributed by atoms with E-state index in [1.807, 2.05) is 6.07 Å². The number of amides is 1. The van der Waals surface area contributed by atoms with Gasteiger partial charge in [-0.25, -0.2) is 10.2 Å². The maximum absolute atomic E-state index is 11.4. The molecule has 0 saturated carbocycles. The largest absolute Gasteiger partial charge is 0.507 e. The Kier molecular flexibility index (Phi) is 6.22. The Morgan fingerprint density at radius 2 is 2.00 bits per heavy atom. The predicted molar refractivity (Wildman–Crippen MR) is 88.6 cm³/mol. The number of hydrogen-bond donors (Lipinski definition) is 2. The summed E-state index contributed by atoms with van der Waals surface area (Å²) in [5.41, 5.74) is 3.15. The Morgan fingerprint density at radius 1 is 1.36 bits per heavy atom. The number of rotatable bonds is 5. The summed E-state index contributed by atoms with van der Waals surface area (Å²) in [7, 11) is 0. The van der Waals surface area contributed by atoms with Crippen LogP contribution in [0.15, 0.2) is 23.3 Å². The number of nitrogens with one attached hydrogen (secondary N) is 1. The molecule has 0 aliphatic rings. The van der Waals surface area contributed by atoms with E-state index in [4.69, 9.17) is 4.74 Å². The van der Waals surface area contributed by atoms with Crippen LogP contribution in [0, 0.1) is 0 Å². The van der Waals surface area contributed by atoms with Crippen molar-refractivity contribution in [2.45, 2.75) is 40.2 Å². The molecule has 1 aromatic rings. The SMILES string of the molecule is CCN(CC)c1ccc(/C=N/NC(=O)OC(C)(C)C)c(O)c1. The summed E-state index contributed by atoms with van der Waals surface area (Å²) < 4.78 is 5.05. The third-order valence-electron chi connectivity index (χ3n) is 2.90. The molecule has 22 heavy (non-hydrogen) atoms. The number of nitrogens with zero attached hydrogens (tertiary/aromatic N) is 2. The molecule has 0 aliphatic heterocycles. The first-order chi connectivity index (χ1) is 10.3. The Morgan fingerprint density at radius 3 is 2.50 bits per heavy atom. The third kappa shape index (κ3) is 5.63. The van der Waals surface area contributed by atoms with Crippen LogP contribution in [0.4, 0.5) is 10.5 Å². The molecule has 122 valence electrons. The molecule has 6 heteroatoms. The first-order valence-electron chi connectivity index (χ1n) is 7.36. The lowest BCUT2D eigenvalue weighted by Crippen LogP contribution is -2.29. The molecule has 6 nitrogen and oxygen atoms in total. The summed E-state index contributed by atoms with van der Waals surface area (Å²) in [5, 5.41) is 13.8. The fourth-order valence-corrected chi connectivity index (χ4v) is 1.88. The lowest BCUT2D eigenvalue weighted by atomic mass is 10.2. The Labute approximate surface area is 131 Å². The molecule has 0 radical (unpaired) electrons. The molecule has 0 atom stereocenters. The van der Waals surface area contributed by atoms with Crippen molar-refractivity contribution in [2.24, 2.45) is 5.10 Å². The van der Waals surface area contributed by atoms with Crippen LogP contribution in [0.3, 0.4) is 0 Å². The van der Waals surface area contributed by atoms with Crippen molar-refractivity contribution >= 4 is 18.0 Å². The number of aromatic hydroxyl groups is 1. The van der Waals surface area contributed by atoms with E-state index in [1.165, 1.54) is 6.21 Å². The zero-order chi connectivity index (χ0) is 16.8. The van der Waals surface area contributed by atoms with Crippen LogP contribution < -0.4 is 10.3 Å². The third-order valence-corrected chi connectivity index (χ3v) is 2.90. The van der Waals surface area contributed by atoms with Crippen molar-refractivity contribution in [3.05, 3.63) is 23.8 Å². The van der Waals surface area contributed by atoms with Gasteiger partial charge in [-0.15, -0.1) is 0 Å². The molecular weight excluding hydrogens is 282 g/mol. The molecule has 1 rings (SSSR count). The Hall–Kier alpha value is -2.24. The van der Waals surface area contributed by atoms with Crippen molar-refractivity contribution in [2.75, 3.05) is 18.0 Å². The van der Waals surface area contributed by atoms with E-state index >= 15 is 0 Å². The quantitative estimate of drug-likeness (QED) is 0.647. The van der Waals surface area contributed by atoms with Crippen molar-refractivity contribution in [1.82, 2.24) is 5.43 Å². The van der Waals surface area contributed by atoms with Crippen LogP contribution >= 0.6 is 0 Å². The molecule has 0 bridgehead atoms. The summed E-state index contributed by atoms with van der Waals surface area (Å²) in [4.78, 5) is 13.6. The minimum atomic E-state index is -0.636. The number of hydrazone groups is 1. The van der Waals surface area contributed by atoms with E-state index < -0.39 is 11.7 Å². The lowest BCUT2D eigenvalue weighted by molar-refractivity contribution is 0.0529. The minimum Gasteiger partial charge on any atom is -0.507 e. The van der Waals surface area contributed by atoms with Gasteiger partial charge >= 0.3 is 6.09 Å². The maximum Gasteiger partial charge on any atom is 0.428 e. The minimum absolute atomic E-state index is 0.110. The molecule has 0 fully saturated rings. The van der Waals surface area contributed by atoms with Gasteiger partial charge in [0.1, 0.15) is 11.4 Å². The summed E-state index contributed by atoms with van der Waals surface area (Å²) in [6.45, 7) is 11.2. The van der Waals surface area contributed by atoms with Crippen LogP contribution in [-0.4, -0.2) is 36.1 Å². The zero-order valence-corrected chi connectivity index (χ0v) is 13.9. The number of hydrogen-bond acceptors (Lipinski definition) is 5. The van der Waals surface area contributed by atoms with E-state index in [0.717, 1.165) is 18.8 Å². The maximum atomic E-state index is 11.4. The smallest absolute Gasteiger partial charge is 0.428 e. The van der Waals surface area contributed by atoms with Gasteiger partial charge < -0.3 is 14.7 Å². The fraction of sp³-hybridized carbons (Fsp3) is 0.500. The fourth-order valence-electron chi connectivity index (χ4n) is 1.88. The molecule has 0 saturated heterocycles. The van der Waals surface area contributed by atoms with Crippen molar-refractivity contribution in [1.29, 1.82) is 0 Å². The topological polar surface area (TPSA) is 74.2 Å². The van der Waals surface area contributed by atoms with Crippen LogP contribution in [0.25, 0.3) is 0 Å². The highest BCUT2D eigenvalue weighted by Gasteiger charge is 2.15. The second-order valence-electron chi connectivity index (χ2n) is 5.79. The number of phenols is 1. The van der Waals surface area contributed by atoms with Gasteiger partial charge in [0.05, 0.1) is 6.21 Å².